The van der Waals surface area contributed by atoms with E-state index in [0.29, 0.717) is 12.2 Å². The van der Waals surface area contributed by atoms with Crippen molar-refractivity contribution < 1.29 is 9.53 Å². The number of ether oxygens (including phenoxy) is 1. The molecule has 1 rings (SSSR count). The zero-order valence-corrected chi connectivity index (χ0v) is 13.2. The number of carbonyl (C=O) groups excluding carboxylic acids is 1. The summed E-state index contributed by atoms with van der Waals surface area (Å²) in [6, 6.07) is 3.56. The van der Waals surface area contributed by atoms with E-state index in [1.807, 2.05) is 17.8 Å². The first kappa shape index (κ1) is 16.8. The number of anilines is 1. The molecule has 0 saturated carbocycles. The average Bonchev–Trinajstić information content (AvgIpc) is 2.47. The lowest BCUT2D eigenvalue weighted by Gasteiger charge is -2.06. The van der Waals surface area contributed by atoms with Crippen molar-refractivity contribution in [2.75, 3.05) is 30.5 Å². The highest BCUT2D eigenvalue weighted by Crippen LogP contribution is 2.08. The summed E-state index contributed by atoms with van der Waals surface area (Å²) in [4.78, 5) is 15.7. The van der Waals surface area contributed by atoms with Crippen molar-refractivity contribution in [3.8, 4) is 0 Å². The van der Waals surface area contributed by atoms with Crippen LogP contribution in [0.5, 0.6) is 0 Å². The average molecular weight is 296 g/mol. The molecule has 1 heterocycles. The maximum atomic E-state index is 11.5. The van der Waals surface area contributed by atoms with Crippen molar-refractivity contribution in [1.29, 1.82) is 0 Å². The summed E-state index contributed by atoms with van der Waals surface area (Å²) < 4.78 is 4.91. The van der Waals surface area contributed by atoms with Gasteiger partial charge in [0.25, 0.3) is 0 Å². The molecular weight excluding hydrogens is 272 g/mol. The lowest BCUT2D eigenvalue weighted by molar-refractivity contribution is 0.0526. The second kappa shape index (κ2) is 10.5. The van der Waals surface area contributed by atoms with Gasteiger partial charge in [-0.25, -0.2) is 9.78 Å². The standard InChI is InChI=1S/C15H24N2O2S/c1-3-19-15(18)13-8-9-14(17-12-13)16-10-6-4-5-7-11-20-2/h8-9,12H,3-7,10-11H2,1-2H3,(H,16,17). The SMILES string of the molecule is CCOC(=O)c1ccc(NCCCCCCSC)nc1. The van der Waals surface area contributed by atoms with Crippen molar-refractivity contribution in [2.24, 2.45) is 0 Å². The molecule has 5 heteroatoms. The minimum Gasteiger partial charge on any atom is -0.462 e. The topological polar surface area (TPSA) is 51.2 Å². The van der Waals surface area contributed by atoms with Crippen molar-refractivity contribution >= 4 is 23.5 Å². The Hall–Kier alpha value is -1.23. The Morgan fingerprint density at radius 2 is 2.10 bits per heavy atom. The van der Waals surface area contributed by atoms with Gasteiger partial charge in [0.15, 0.2) is 0 Å². The van der Waals surface area contributed by atoms with Crippen LogP contribution in [0.15, 0.2) is 18.3 Å². The molecule has 0 aliphatic heterocycles. The number of pyridine rings is 1. The third-order valence-corrected chi connectivity index (χ3v) is 3.55. The number of hydrogen-bond donors (Lipinski definition) is 1. The molecule has 0 spiro atoms. The number of carbonyl (C=O) groups is 1. The van der Waals surface area contributed by atoms with Crippen molar-refractivity contribution in [2.45, 2.75) is 32.6 Å². The van der Waals surface area contributed by atoms with Gasteiger partial charge in [-0.1, -0.05) is 12.8 Å². The predicted octanol–water partition coefficient (Wildman–Crippen LogP) is 3.59. The minimum absolute atomic E-state index is 0.319. The molecule has 0 aliphatic rings. The van der Waals surface area contributed by atoms with E-state index in [0.717, 1.165) is 18.8 Å². The number of aromatic nitrogens is 1. The Morgan fingerprint density at radius 3 is 2.75 bits per heavy atom. The summed E-state index contributed by atoms with van der Waals surface area (Å²) >= 11 is 1.91. The van der Waals surface area contributed by atoms with Gasteiger partial charge in [0.05, 0.1) is 12.2 Å². The van der Waals surface area contributed by atoms with E-state index in [1.54, 1.807) is 19.2 Å². The number of rotatable bonds is 10. The van der Waals surface area contributed by atoms with Crippen LogP contribution in [0.4, 0.5) is 5.82 Å². The van der Waals surface area contributed by atoms with E-state index < -0.39 is 0 Å². The Bertz CT molecular complexity index is 382. The number of hydrogen-bond acceptors (Lipinski definition) is 5. The van der Waals surface area contributed by atoms with Crippen LogP contribution in [-0.2, 0) is 4.74 Å². The highest BCUT2D eigenvalue weighted by atomic mass is 32.2. The first-order valence-corrected chi connectivity index (χ1v) is 8.53. The molecule has 1 aromatic heterocycles. The van der Waals surface area contributed by atoms with Crippen molar-refractivity contribution in [3.63, 3.8) is 0 Å². The molecule has 0 bridgehead atoms. The van der Waals surface area contributed by atoms with Crippen LogP contribution in [0, 0.1) is 0 Å². The van der Waals surface area contributed by atoms with Crippen LogP contribution in [0.2, 0.25) is 0 Å². The molecule has 0 amide bonds. The summed E-state index contributed by atoms with van der Waals surface area (Å²) in [7, 11) is 0. The van der Waals surface area contributed by atoms with E-state index in [-0.39, 0.29) is 5.97 Å². The zero-order chi connectivity index (χ0) is 14.6. The highest BCUT2D eigenvalue weighted by molar-refractivity contribution is 7.98. The number of unbranched alkanes of at least 4 members (excludes halogenated alkanes) is 3. The lowest BCUT2D eigenvalue weighted by Crippen LogP contribution is -2.07. The molecule has 4 nitrogen and oxygen atoms in total. The Kier molecular flexibility index (Phi) is 8.87. The Balaban J connectivity index is 2.20. The van der Waals surface area contributed by atoms with Crippen LogP contribution in [0.3, 0.4) is 0 Å². The normalized spacial score (nSPS) is 10.3. The summed E-state index contributed by atoms with van der Waals surface area (Å²) in [5.74, 6) is 1.74. The Morgan fingerprint density at radius 1 is 1.30 bits per heavy atom. The van der Waals surface area contributed by atoms with Gasteiger partial charge in [-0.05, 0) is 43.9 Å². The molecule has 1 aromatic rings. The van der Waals surface area contributed by atoms with Gasteiger partial charge in [-0.3, -0.25) is 0 Å². The van der Waals surface area contributed by atoms with Crippen LogP contribution in [0.1, 0.15) is 43.0 Å². The summed E-state index contributed by atoms with van der Waals surface area (Å²) in [5.41, 5.74) is 0.495. The van der Waals surface area contributed by atoms with Gasteiger partial charge < -0.3 is 10.1 Å². The summed E-state index contributed by atoms with van der Waals surface area (Å²) in [6.45, 7) is 3.10. The van der Waals surface area contributed by atoms with Gasteiger partial charge >= 0.3 is 5.97 Å². The quantitative estimate of drug-likeness (QED) is 0.528. The van der Waals surface area contributed by atoms with Crippen LogP contribution in [-0.4, -0.2) is 36.1 Å². The van der Waals surface area contributed by atoms with Gasteiger partial charge in [-0.2, -0.15) is 11.8 Å². The molecule has 112 valence electrons. The number of nitrogens with one attached hydrogen (secondary N) is 1. The molecule has 0 fully saturated rings. The molecule has 20 heavy (non-hydrogen) atoms. The fraction of sp³-hybridized carbons (Fsp3) is 0.600. The van der Waals surface area contributed by atoms with Crippen molar-refractivity contribution in [1.82, 2.24) is 4.98 Å². The molecule has 0 atom stereocenters. The third-order valence-electron chi connectivity index (χ3n) is 2.86. The molecule has 0 aliphatic carbocycles. The van der Waals surface area contributed by atoms with Gasteiger partial charge in [0.1, 0.15) is 5.82 Å². The van der Waals surface area contributed by atoms with E-state index in [1.165, 1.54) is 25.0 Å². The smallest absolute Gasteiger partial charge is 0.339 e. The van der Waals surface area contributed by atoms with Crippen LogP contribution >= 0.6 is 11.8 Å². The van der Waals surface area contributed by atoms with E-state index in [2.05, 4.69) is 16.6 Å². The van der Waals surface area contributed by atoms with E-state index in [9.17, 15) is 4.79 Å². The van der Waals surface area contributed by atoms with Crippen LogP contribution < -0.4 is 5.32 Å². The zero-order valence-electron chi connectivity index (χ0n) is 12.4. The fourth-order valence-corrected chi connectivity index (χ4v) is 2.27. The largest absolute Gasteiger partial charge is 0.462 e. The van der Waals surface area contributed by atoms with Crippen LogP contribution in [0.25, 0.3) is 0 Å². The first-order valence-electron chi connectivity index (χ1n) is 7.14. The third kappa shape index (κ3) is 6.80. The molecule has 0 unspecified atom stereocenters. The highest BCUT2D eigenvalue weighted by Gasteiger charge is 2.06. The van der Waals surface area contributed by atoms with Gasteiger partial charge in [0, 0.05) is 12.7 Å². The molecule has 0 saturated heterocycles. The van der Waals surface area contributed by atoms with Crippen molar-refractivity contribution in [3.05, 3.63) is 23.9 Å². The van der Waals surface area contributed by atoms with Gasteiger partial charge in [-0.15, -0.1) is 0 Å². The molecule has 0 aromatic carbocycles. The van der Waals surface area contributed by atoms with E-state index >= 15 is 0 Å². The van der Waals surface area contributed by atoms with E-state index in [4.69, 9.17) is 4.74 Å². The number of esters is 1. The maximum absolute atomic E-state index is 11.5. The second-order valence-corrected chi connectivity index (χ2v) is 5.47. The number of thioether (sulfide) groups is 1. The Labute approximate surface area is 125 Å². The maximum Gasteiger partial charge on any atom is 0.339 e. The number of nitrogens with zero attached hydrogens (tertiary/aromatic N) is 1. The second-order valence-electron chi connectivity index (χ2n) is 4.49. The predicted molar refractivity (Wildman–Crippen MR) is 85.5 cm³/mol. The summed E-state index contributed by atoms with van der Waals surface area (Å²) in [5, 5.41) is 3.27. The monoisotopic (exact) mass is 296 g/mol. The lowest BCUT2D eigenvalue weighted by atomic mass is 10.2. The molecule has 1 N–H and O–H groups in total. The minimum atomic E-state index is -0.319. The summed E-state index contributed by atoms with van der Waals surface area (Å²) in [6.07, 6.45) is 8.68. The van der Waals surface area contributed by atoms with Gasteiger partial charge in [0.2, 0.25) is 0 Å². The molecule has 0 radical (unpaired) electrons. The molecular formula is C15H24N2O2S. The first-order chi connectivity index (χ1) is 9.77. The fourth-order valence-electron chi connectivity index (χ4n) is 1.78.